The molecule has 0 aromatic heterocycles. The molecule has 0 unspecified atom stereocenters. The van der Waals surface area contributed by atoms with Crippen LogP contribution in [0, 0.1) is 11.8 Å². The minimum atomic E-state index is -0.859. The van der Waals surface area contributed by atoms with Gasteiger partial charge in [-0.3, -0.25) is 14.5 Å². The SMILES string of the molecule is CC(C)(O)C1CCN(C(=O)[C@@H]2C[C@H]3CCCN3[C@]23C(=O)Nc2ccccc23)CC1. The lowest BCUT2D eigenvalue weighted by Gasteiger charge is -2.41. The quantitative estimate of drug-likeness (QED) is 0.803. The number of fused-ring (bicyclic) bond motifs is 4. The summed E-state index contributed by atoms with van der Waals surface area (Å²) in [6.07, 6.45) is 4.52. The lowest BCUT2D eigenvalue weighted by Crippen LogP contribution is -2.56. The summed E-state index contributed by atoms with van der Waals surface area (Å²) in [6, 6.07) is 8.18. The van der Waals surface area contributed by atoms with Gasteiger partial charge in [0.15, 0.2) is 0 Å². The number of carbonyl (C=O) groups excluding carboxylic acids is 2. The standard InChI is InChI=1S/C23H31N3O3/c1-22(2,29)15-9-12-25(13-10-15)20(27)18-14-16-6-5-11-26(16)23(18)17-7-3-4-8-19(17)24-21(23)28/h3-4,7-8,15-16,18,29H,5-6,9-14H2,1-2H3,(H,24,28)/t16-,18+,23+/m1/s1. The van der Waals surface area contributed by atoms with Gasteiger partial charge in [0.25, 0.3) is 0 Å². The summed E-state index contributed by atoms with van der Waals surface area (Å²) in [5.74, 6) is -0.0499. The number of piperidine rings is 1. The van der Waals surface area contributed by atoms with Gasteiger partial charge in [-0.1, -0.05) is 18.2 Å². The summed E-state index contributed by atoms with van der Waals surface area (Å²) in [5, 5.41) is 13.4. The Morgan fingerprint density at radius 1 is 1.17 bits per heavy atom. The van der Waals surface area contributed by atoms with E-state index in [1.54, 1.807) is 0 Å². The number of carbonyl (C=O) groups is 2. The van der Waals surface area contributed by atoms with Gasteiger partial charge in [0, 0.05) is 30.4 Å². The first-order valence-electron chi connectivity index (χ1n) is 11.0. The highest BCUT2D eigenvalue weighted by atomic mass is 16.3. The molecule has 4 aliphatic heterocycles. The molecule has 1 aromatic carbocycles. The van der Waals surface area contributed by atoms with Crippen LogP contribution in [-0.2, 0) is 15.1 Å². The summed E-state index contributed by atoms with van der Waals surface area (Å²) >= 11 is 0. The van der Waals surface area contributed by atoms with Crippen LogP contribution in [-0.4, -0.2) is 58.0 Å². The molecule has 4 aliphatic rings. The first-order valence-corrected chi connectivity index (χ1v) is 11.0. The first kappa shape index (κ1) is 19.1. The zero-order chi connectivity index (χ0) is 20.4. The largest absolute Gasteiger partial charge is 0.390 e. The highest BCUT2D eigenvalue weighted by molar-refractivity contribution is 6.09. The number of amides is 2. The van der Waals surface area contributed by atoms with Gasteiger partial charge in [-0.05, 0) is 64.5 Å². The Hall–Kier alpha value is -1.92. The van der Waals surface area contributed by atoms with Crippen molar-refractivity contribution in [3.8, 4) is 0 Å². The summed E-state index contributed by atoms with van der Waals surface area (Å²) in [5.41, 5.74) is 0.251. The van der Waals surface area contributed by atoms with Crippen molar-refractivity contribution in [2.24, 2.45) is 11.8 Å². The van der Waals surface area contributed by atoms with E-state index in [0.29, 0.717) is 19.1 Å². The van der Waals surface area contributed by atoms with Crippen LogP contribution in [0.5, 0.6) is 0 Å². The molecule has 156 valence electrons. The van der Waals surface area contributed by atoms with E-state index in [9.17, 15) is 14.7 Å². The van der Waals surface area contributed by atoms with Crippen LogP contribution in [0.25, 0.3) is 0 Å². The maximum absolute atomic E-state index is 13.8. The topological polar surface area (TPSA) is 72.9 Å². The third-order valence-corrected chi connectivity index (χ3v) is 7.88. The Bertz CT molecular complexity index is 840. The molecule has 1 aromatic rings. The molecule has 2 N–H and O–H groups in total. The smallest absolute Gasteiger partial charge is 0.250 e. The number of benzene rings is 1. The van der Waals surface area contributed by atoms with Gasteiger partial charge in [0.2, 0.25) is 11.8 Å². The summed E-state index contributed by atoms with van der Waals surface area (Å²) < 4.78 is 0. The molecule has 3 saturated heterocycles. The Labute approximate surface area is 172 Å². The number of nitrogens with zero attached hydrogens (tertiary/aromatic N) is 2. The van der Waals surface area contributed by atoms with Crippen molar-refractivity contribution < 1.29 is 14.7 Å². The number of likely N-dealkylation sites (tertiary alicyclic amines) is 1. The molecule has 1 spiro atoms. The Morgan fingerprint density at radius 2 is 1.90 bits per heavy atom. The van der Waals surface area contributed by atoms with E-state index in [0.717, 1.165) is 49.9 Å². The number of anilines is 1. The van der Waals surface area contributed by atoms with Gasteiger partial charge in [-0.2, -0.15) is 0 Å². The first-order chi connectivity index (χ1) is 13.8. The molecule has 0 aliphatic carbocycles. The average molecular weight is 398 g/mol. The number of aliphatic hydroxyl groups is 1. The van der Waals surface area contributed by atoms with E-state index >= 15 is 0 Å². The summed E-state index contributed by atoms with van der Waals surface area (Å²) in [6.45, 7) is 5.91. The van der Waals surface area contributed by atoms with Crippen molar-refractivity contribution in [3.05, 3.63) is 29.8 Å². The second kappa shape index (κ2) is 6.54. The van der Waals surface area contributed by atoms with Crippen LogP contribution in [0.15, 0.2) is 24.3 Å². The summed E-state index contributed by atoms with van der Waals surface area (Å²) in [7, 11) is 0. The molecule has 2 amide bonds. The lowest BCUT2D eigenvalue weighted by atomic mass is 9.77. The van der Waals surface area contributed by atoms with Crippen LogP contribution in [0.2, 0.25) is 0 Å². The van der Waals surface area contributed by atoms with Crippen LogP contribution in [0.1, 0.15) is 51.5 Å². The van der Waals surface area contributed by atoms with E-state index in [1.807, 2.05) is 43.0 Å². The molecule has 5 rings (SSSR count). The number of nitrogens with one attached hydrogen (secondary N) is 1. The van der Waals surface area contributed by atoms with E-state index in [-0.39, 0.29) is 23.7 Å². The highest BCUT2D eigenvalue weighted by Crippen LogP contribution is 2.55. The normalized spacial score (nSPS) is 32.5. The fourth-order valence-corrected chi connectivity index (χ4v) is 6.39. The molecule has 6 heteroatoms. The van der Waals surface area contributed by atoms with E-state index < -0.39 is 11.1 Å². The predicted molar refractivity (Wildman–Crippen MR) is 110 cm³/mol. The molecule has 29 heavy (non-hydrogen) atoms. The monoisotopic (exact) mass is 397 g/mol. The van der Waals surface area contributed by atoms with E-state index in [1.165, 1.54) is 0 Å². The molecule has 0 bridgehead atoms. The van der Waals surface area contributed by atoms with Gasteiger partial charge in [-0.15, -0.1) is 0 Å². The third kappa shape index (κ3) is 2.68. The average Bonchev–Trinajstić information content (AvgIpc) is 3.35. The molecular weight excluding hydrogens is 366 g/mol. The molecule has 3 atom stereocenters. The van der Waals surface area contributed by atoms with Crippen molar-refractivity contribution in [1.29, 1.82) is 0 Å². The number of para-hydroxylation sites is 1. The second-order valence-corrected chi connectivity index (χ2v) is 9.80. The van der Waals surface area contributed by atoms with Gasteiger partial charge < -0.3 is 15.3 Å². The number of rotatable bonds is 2. The molecule has 0 saturated carbocycles. The predicted octanol–water partition coefficient (Wildman–Crippen LogP) is 2.33. The summed E-state index contributed by atoms with van der Waals surface area (Å²) in [4.78, 5) is 31.5. The van der Waals surface area contributed by atoms with Crippen LogP contribution < -0.4 is 5.32 Å². The lowest BCUT2D eigenvalue weighted by molar-refractivity contribution is -0.146. The minimum Gasteiger partial charge on any atom is -0.390 e. The van der Waals surface area contributed by atoms with E-state index in [4.69, 9.17) is 0 Å². The second-order valence-electron chi connectivity index (χ2n) is 9.80. The molecular formula is C23H31N3O3. The van der Waals surface area contributed by atoms with Crippen LogP contribution in [0.4, 0.5) is 5.69 Å². The van der Waals surface area contributed by atoms with Crippen LogP contribution >= 0.6 is 0 Å². The number of hydrogen-bond donors (Lipinski definition) is 2. The minimum absolute atomic E-state index is 0.0344. The Balaban J connectivity index is 1.47. The Morgan fingerprint density at radius 3 is 2.62 bits per heavy atom. The van der Waals surface area contributed by atoms with Crippen molar-refractivity contribution >= 4 is 17.5 Å². The highest BCUT2D eigenvalue weighted by Gasteiger charge is 2.65. The molecule has 4 heterocycles. The fraction of sp³-hybridized carbons (Fsp3) is 0.652. The van der Waals surface area contributed by atoms with Gasteiger partial charge in [0.05, 0.1) is 11.5 Å². The zero-order valence-corrected chi connectivity index (χ0v) is 17.4. The van der Waals surface area contributed by atoms with Crippen molar-refractivity contribution in [3.63, 3.8) is 0 Å². The van der Waals surface area contributed by atoms with E-state index in [2.05, 4.69) is 10.2 Å². The zero-order valence-electron chi connectivity index (χ0n) is 17.4. The fourth-order valence-electron chi connectivity index (χ4n) is 6.39. The number of hydrogen-bond acceptors (Lipinski definition) is 4. The maximum atomic E-state index is 13.8. The third-order valence-electron chi connectivity index (χ3n) is 7.88. The molecule has 6 nitrogen and oxygen atoms in total. The van der Waals surface area contributed by atoms with Crippen molar-refractivity contribution in [1.82, 2.24) is 9.80 Å². The molecule has 3 fully saturated rings. The Kier molecular flexibility index (Phi) is 4.30. The van der Waals surface area contributed by atoms with Gasteiger partial charge in [-0.25, -0.2) is 0 Å². The van der Waals surface area contributed by atoms with Gasteiger partial charge in [0.1, 0.15) is 5.54 Å². The maximum Gasteiger partial charge on any atom is 0.250 e. The van der Waals surface area contributed by atoms with Crippen LogP contribution in [0.3, 0.4) is 0 Å². The van der Waals surface area contributed by atoms with Crippen molar-refractivity contribution in [2.75, 3.05) is 25.0 Å². The van der Waals surface area contributed by atoms with Gasteiger partial charge >= 0.3 is 0 Å². The molecule has 0 radical (unpaired) electrons. The van der Waals surface area contributed by atoms with Crippen molar-refractivity contribution in [2.45, 2.75) is 63.1 Å².